The lowest BCUT2D eigenvalue weighted by Gasteiger charge is -2.53. The van der Waals surface area contributed by atoms with E-state index in [1.165, 1.54) is 6.07 Å². The van der Waals surface area contributed by atoms with Gasteiger partial charge in [0.05, 0.1) is 22.5 Å². The average Bonchev–Trinajstić information content (AvgIpc) is 2.97. The number of rotatable bonds is 6. The molecule has 1 unspecified atom stereocenters. The number of nitro benzene ring substituents is 1. The molecule has 1 aliphatic heterocycles. The van der Waals surface area contributed by atoms with E-state index < -0.39 is 27.5 Å². The Labute approximate surface area is 242 Å². The number of nitrogens with two attached hydrogens (primary N) is 1. The fourth-order valence-electron chi connectivity index (χ4n) is 6.32. The summed E-state index contributed by atoms with van der Waals surface area (Å²) in [7, 11) is 0. The predicted molar refractivity (Wildman–Crippen MR) is 163 cm³/mol. The van der Waals surface area contributed by atoms with Gasteiger partial charge in [0.15, 0.2) is 0 Å². The molecule has 8 heteroatoms. The molecule has 8 nitrogen and oxygen atoms in total. The topological polar surface area (TPSA) is 118 Å². The second-order valence-electron chi connectivity index (χ2n) is 11.5. The first-order valence-corrected chi connectivity index (χ1v) is 14.0. The largest absolute Gasteiger partial charge is 0.494 e. The Balaban J connectivity index is 1.70. The number of anilines is 1. The summed E-state index contributed by atoms with van der Waals surface area (Å²) < 4.78 is 18.8. The quantitative estimate of drug-likeness (QED) is 0.0972. The van der Waals surface area contributed by atoms with E-state index in [-0.39, 0.29) is 5.69 Å². The van der Waals surface area contributed by atoms with Gasteiger partial charge in [0, 0.05) is 34.7 Å². The van der Waals surface area contributed by atoms with Gasteiger partial charge >= 0.3 is 5.63 Å². The molecule has 0 amide bonds. The molecule has 0 saturated carbocycles. The third-order valence-electron chi connectivity index (χ3n) is 8.78. The number of para-hydroxylation sites is 1. The summed E-state index contributed by atoms with van der Waals surface area (Å²) in [6.07, 6.45) is 0.839. The van der Waals surface area contributed by atoms with Crippen LogP contribution in [0, 0.1) is 15.5 Å². The van der Waals surface area contributed by atoms with E-state index in [1.807, 2.05) is 70.2 Å². The molecule has 1 aliphatic rings. The van der Waals surface area contributed by atoms with Crippen molar-refractivity contribution >= 4 is 33.1 Å². The van der Waals surface area contributed by atoms with E-state index in [0.717, 1.165) is 22.9 Å². The lowest BCUT2D eigenvalue weighted by atomic mass is 9.58. The van der Waals surface area contributed by atoms with Crippen molar-refractivity contribution in [3.05, 3.63) is 116 Å². The summed E-state index contributed by atoms with van der Waals surface area (Å²) >= 11 is 0. The number of hydrogen-bond donors (Lipinski definition) is 1. The first-order valence-electron chi connectivity index (χ1n) is 14.0. The maximum Gasteiger partial charge on any atom is 0.343 e. The summed E-state index contributed by atoms with van der Waals surface area (Å²) in [5.74, 6) is 0.485. The Morgan fingerprint density at radius 2 is 1.76 bits per heavy atom. The van der Waals surface area contributed by atoms with Crippen molar-refractivity contribution in [1.82, 2.24) is 0 Å². The molecule has 0 spiro atoms. The zero-order valence-corrected chi connectivity index (χ0v) is 24.0. The minimum absolute atomic E-state index is 0.0137. The van der Waals surface area contributed by atoms with Gasteiger partial charge in [-0.3, -0.25) is 10.1 Å². The number of nitro groups is 1. The second-order valence-corrected chi connectivity index (χ2v) is 11.5. The first kappa shape index (κ1) is 27.3. The summed E-state index contributed by atoms with van der Waals surface area (Å²) in [5, 5.41) is 14.0. The summed E-state index contributed by atoms with van der Waals surface area (Å²) in [6.45, 7) is 8.62. The Kier molecular flexibility index (Phi) is 6.44. The molecule has 42 heavy (non-hydrogen) atoms. The van der Waals surface area contributed by atoms with Gasteiger partial charge in [-0.25, -0.2) is 4.79 Å². The lowest BCUT2D eigenvalue weighted by Crippen LogP contribution is -2.52. The first-order chi connectivity index (χ1) is 20.1. The standard InChI is InChI=1S/C34H32N2O6/c1-5-17-40-22-15-16-27(35)25(19-22)30-29-31(23-10-6-7-12-28(23)41-32(29)37)42-34(4,33(30,2)3)26-11-8-9-20-13-14-21(36(38)39)18-24(20)26/h6-16,18-19,30H,5,17,35H2,1-4H3/t30-,34?/m1/s1. The normalized spacial score (nSPS) is 19.3. The fraction of sp³-hybridized carbons (Fsp3) is 0.265. The number of benzene rings is 4. The number of ether oxygens (including phenoxy) is 2. The van der Waals surface area contributed by atoms with Gasteiger partial charge in [0.1, 0.15) is 22.7 Å². The second kappa shape index (κ2) is 9.91. The third kappa shape index (κ3) is 4.09. The zero-order valence-electron chi connectivity index (χ0n) is 24.0. The fourth-order valence-corrected chi connectivity index (χ4v) is 6.32. The van der Waals surface area contributed by atoms with Crippen molar-refractivity contribution in [3.8, 4) is 11.5 Å². The van der Waals surface area contributed by atoms with Gasteiger partial charge in [-0.05, 0) is 66.1 Å². The predicted octanol–water partition coefficient (Wildman–Crippen LogP) is 7.69. The maximum atomic E-state index is 13.8. The molecule has 4 aromatic carbocycles. The van der Waals surface area contributed by atoms with Crippen molar-refractivity contribution in [2.45, 2.75) is 45.6 Å². The van der Waals surface area contributed by atoms with Crippen LogP contribution in [0.25, 0.3) is 21.7 Å². The molecular formula is C34H32N2O6. The Morgan fingerprint density at radius 1 is 0.976 bits per heavy atom. The van der Waals surface area contributed by atoms with Gasteiger partial charge in [-0.15, -0.1) is 0 Å². The molecule has 0 saturated heterocycles. The molecule has 0 bridgehead atoms. The molecule has 6 rings (SSSR count). The summed E-state index contributed by atoms with van der Waals surface area (Å²) in [4.78, 5) is 25.2. The summed E-state index contributed by atoms with van der Waals surface area (Å²) in [5.41, 5.74) is 7.01. The number of fused-ring (bicyclic) bond motifs is 4. The van der Waals surface area contributed by atoms with E-state index in [4.69, 9.17) is 19.6 Å². The Hall–Kier alpha value is -4.85. The van der Waals surface area contributed by atoms with E-state index in [9.17, 15) is 14.9 Å². The zero-order chi connectivity index (χ0) is 29.8. The van der Waals surface area contributed by atoms with E-state index in [0.29, 0.717) is 45.7 Å². The molecule has 0 radical (unpaired) electrons. The van der Waals surface area contributed by atoms with E-state index >= 15 is 0 Å². The number of nitrogen functional groups attached to an aromatic ring is 1. The van der Waals surface area contributed by atoms with Gasteiger partial charge in [0.2, 0.25) is 0 Å². The highest BCUT2D eigenvalue weighted by Crippen LogP contribution is 2.61. The minimum Gasteiger partial charge on any atom is -0.494 e. The van der Waals surface area contributed by atoms with Crippen LogP contribution in [0.4, 0.5) is 11.4 Å². The number of nitrogens with zero attached hydrogens (tertiary/aromatic N) is 1. The van der Waals surface area contributed by atoms with Gasteiger partial charge in [-0.1, -0.05) is 51.1 Å². The van der Waals surface area contributed by atoms with Crippen LogP contribution in [0.15, 0.2) is 88.1 Å². The molecule has 5 aromatic rings. The van der Waals surface area contributed by atoms with Crippen LogP contribution in [0.1, 0.15) is 56.7 Å². The highest BCUT2D eigenvalue weighted by Gasteiger charge is 2.57. The smallest absolute Gasteiger partial charge is 0.343 e. The highest BCUT2D eigenvalue weighted by atomic mass is 16.6. The maximum absolute atomic E-state index is 13.8. The molecule has 0 aliphatic carbocycles. The third-order valence-corrected chi connectivity index (χ3v) is 8.78. The van der Waals surface area contributed by atoms with Crippen LogP contribution in [-0.4, -0.2) is 11.5 Å². The Morgan fingerprint density at radius 3 is 2.52 bits per heavy atom. The van der Waals surface area contributed by atoms with Gasteiger partial charge in [-0.2, -0.15) is 0 Å². The van der Waals surface area contributed by atoms with E-state index in [2.05, 4.69) is 0 Å². The SMILES string of the molecule is CCCOc1ccc(N)c([C@@H]2c3c(c4ccccc4oc3=O)OC(C)(c3cccc4ccc([N+](=O)[O-])cc34)C2(C)C)c1. The van der Waals surface area contributed by atoms with Crippen molar-refractivity contribution in [1.29, 1.82) is 0 Å². The van der Waals surface area contributed by atoms with Crippen LogP contribution in [-0.2, 0) is 5.60 Å². The monoisotopic (exact) mass is 564 g/mol. The molecule has 2 atom stereocenters. The van der Waals surface area contributed by atoms with Crippen LogP contribution in [0.3, 0.4) is 0 Å². The van der Waals surface area contributed by atoms with Crippen LogP contribution in [0.2, 0.25) is 0 Å². The van der Waals surface area contributed by atoms with Gasteiger partial charge < -0.3 is 19.6 Å². The minimum atomic E-state index is -1.08. The van der Waals surface area contributed by atoms with Crippen LogP contribution < -0.4 is 20.8 Å². The van der Waals surface area contributed by atoms with Crippen molar-refractivity contribution in [3.63, 3.8) is 0 Å². The van der Waals surface area contributed by atoms with Crippen LogP contribution in [0.5, 0.6) is 11.5 Å². The van der Waals surface area contributed by atoms with E-state index in [1.54, 1.807) is 30.3 Å². The average molecular weight is 565 g/mol. The lowest BCUT2D eigenvalue weighted by molar-refractivity contribution is -0.384. The molecule has 2 N–H and O–H groups in total. The number of hydrogen-bond acceptors (Lipinski definition) is 7. The van der Waals surface area contributed by atoms with Crippen molar-refractivity contribution in [2.24, 2.45) is 5.41 Å². The highest BCUT2D eigenvalue weighted by molar-refractivity contribution is 5.90. The molecule has 1 aromatic heterocycles. The molecular weight excluding hydrogens is 532 g/mol. The summed E-state index contributed by atoms with van der Waals surface area (Å²) in [6, 6.07) is 23.4. The van der Waals surface area contributed by atoms with Crippen molar-refractivity contribution in [2.75, 3.05) is 12.3 Å². The van der Waals surface area contributed by atoms with Crippen molar-refractivity contribution < 1.29 is 18.8 Å². The molecule has 0 fully saturated rings. The molecule has 2 heterocycles. The van der Waals surface area contributed by atoms with Crippen LogP contribution >= 0.6 is 0 Å². The molecule has 214 valence electrons. The Bertz CT molecular complexity index is 1930. The van der Waals surface area contributed by atoms with Gasteiger partial charge in [0.25, 0.3) is 5.69 Å². The number of non-ortho nitro benzene ring substituents is 1.